The molecule has 0 amide bonds. The van der Waals surface area contributed by atoms with Gasteiger partial charge < -0.3 is 4.74 Å². The Labute approximate surface area is 99.4 Å². The first-order chi connectivity index (χ1) is 7.81. The number of hydrogen-bond donors (Lipinski definition) is 0. The van der Waals surface area contributed by atoms with Crippen LogP contribution in [-0.4, -0.2) is 13.1 Å². The molecule has 90 valence electrons. The van der Waals surface area contributed by atoms with Gasteiger partial charge in [0.2, 0.25) is 0 Å². The van der Waals surface area contributed by atoms with E-state index in [9.17, 15) is 18.0 Å². The van der Waals surface area contributed by atoms with Crippen LogP contribution in [0.4, 0.5) is 13.2 Å². The molecule has 0 aliphatic heterocycles. The first kappa shape index (κ1) is 13.3. The maximum Gasteiger partial charge on any atom is 0.417 e. The minimum atomic E-state index is -4.74. The van der Waals surface area contributed by atoms with Gasteiger partial charge in [0.1, 0.15) is 0 Å². The summed E-state index contributed by atoms with van der Waals surface area (Å²) in [7, 11) is 1.00. The minimum absolute atomic E-state index is 0.317. The number of hydrogen-bond acceptors (Lipinski definition) is 3. The summed E-state index contributed by atoms with van der Waals surface area (Å²) in [6, 6.07) is 3.05. The lowest BCUT2D eigenvalue weighted by Gasteiger charge is -2.11. The molecule has 0 heterocycles. The number of carbonyl (C=O) groups excluding carboxylic acids is 1. The van der Waals surface area contributed by atoms with Gasteiger partial charge in [-0.1, -0.05) is 11.6 Å². The van der Waals surface area contributed by atoms with E-state index in [0.29, 0.717) is 6.07 Å². The predicted molar refractivity (Wildman–Crippen MR) is 52.5 cm³/mol. The second kappa shape index (κ2) is 4.63. The molecule has 0 aliphatic rings. The third-order valence-corrected chi connectivity index (χ3v) is 2.32. The highest BCUT2D eigenvalue weighted by Crippen LogP contribution is 2.37. The Kier molecular flexibility index (Phi) is 3.63. The van der Waals surface area contributed by atoms with Crippen molar-refractivity contribution in [2.24, 2.45) is 0 Å². The van der Waals surface area contributed by atoms with Crippen molar-refractivity contribution in [2.75, 3.05) is 7.11 Å². The largest absolute Gasteiger partial charge is 0.465 e. The molecule has 7 heteroatoms. The summed E-state index contributed by atoms with van der Waals surface area (Å²) >= 11 is 5.47. The Bertz CT molecular complexity index is 505. The average molecular weight is 264 g/mol. The molecule has 0 saturated heterocycles. The van der Waals surface area contributed by atoms with Gasteiger partial charge in [0, 0.05) is 0 Å². The van der Waals surface area contributed by atoms with Crippen LogP contribution in [0.1, 0.15) is 21.5 Å². The van der Waals surface area contributed by atoms with Gasteiger partial charge in [-0.25, -0.2) is 4.79 Å². The van der Waals surface area contributed by atoms with Crippen molar-refractivity contribution in [1.82, 2.24) is 0 Å². The Hall–Kier alpha value is -1.74. The number of alkyl halides is 3. The highest BCUT2D eigenvalue weighted by Gasteiger charge is 2.35. The summed E-state index contributed by atoms with van der Waals surface area (Å²) < 4.78 is 42.0. The molecule has 0 spiro atoms. The molecule has 17 heavy (non-hydrogen) atoms. The summed E-state index contributed by atoms with van der Waals surface area (Å²) in [6.07, 6.45) is -4.74. The zero-order chi connectivity index (χ0) is 13.2. The van der Waals surface area contributed by atoms with E-state index < -0.39 is 28.3 Å². The van der Waals surface area contributed by atoms with Crippen LogP contribution in [-0.2, 0) is 10.9 Å². The molecule has 0 atom stereocenters. The lowest BCUT2D eigenvalue weighted by atomic mass is 10.1. The van der Waals surface area contributed by atoms with E-state index in [1.165, 1.54) is 6.07 Å². The molecular formula is C10H5ClF3NO2. The molecule has 1 rings (SSSR count). The van der Waals surface area contributed by atoms with Crippen molar-refractivity contribution in [3.05, 3.63) is 33.8 Å². The molecule has 0 N–H and O–H groups in total. The third kappa shape index (κ3) is 2.68. The lowest BCUT2D eigenvalue weighted by molar-refractivity contribution is -0.137. The van der Waals surface area contributed by atoms with Crippen molar-refractivity contribution in [3.63, 3.8) is 0 Å². The van der Waals surface area contributed by atoms with Crippen LogP contribution in [0.25, 0.3) is 0 Å². The zero-order valence-electron chi connectivity index (χ0n) is 8.43. The molecule has 0 bridgehead atoms. The van der Waals surface area contributed by atoms with Crippen LogP contribution in [0, 0.1) is 11.3 Å². The first-order valence-electron chi connectivity index (χ1n) is 4.20. The van der Waals surface area contributed by atoms with Gasteiger partial charge in [-0.15, -0.1) is 0 Å². The van der Waals surface area contributed by atoms with E-state index in [1.54, 1.807) is 0 Å². The summed E-state index contributed by atoms with van der Waals surface area (Å²) in [5, 5.41) is 7.81. The minimum Gasteiger partial charge on any atom is -0.465 e. The number of halogens is 4. The van der Waals surface area contributed by atoms with Crippen LogP contribution < -0.4 is 0 Å². The van der Waals surface area contributed by atoms with E-state index in [4.69, 9.17) is 16.9 Å². The van der Waals surface area contributed by atoms with E-state index in [1.807, 2.05) is 0 Å². The van der Waals surface area contributed by atoms with Crippen LogP contribution in [0.2, 0.25) is 5.02 Å². The van der Waals surface area contributed by atoms with Crippen molar-refractivity contribution in [2.45, 2.75) is 6.18 Å². The molecule has 1 aromatic carbocycles. The van der Waals surface area contributed by atoms with Crippen molar-refractivity contribution < 1.29 is 22.7 Å². The summed E-state index contributed by atoms with van der Waals surface area (Å²) in [6.45, 7) is 0. The van der Waals surface area contributed by atoms with E-state index in [2.05, 4.69) is 4.74 Å². The molecule has 0 radical (unpaired) electrons. The average Bonchev–Trinajstić information content (AvgIpc) is 2.26. The standard InChI is InChI=1S/C10H5ClF3NO2/c1-17-9(16)6-2-5(4-15)3-7(8(6)11)10(12,13)14/h2-3H,1H3. The maximum absolute atomic E-state index is 12.6. The van der Waals surface area contributed by atoms with E-state index in [-0.39, 0.29) is 5.56 Å². The number of rotatable bonds is 1. The molecule has 3 nitrogen and oxygen atoms in total. The SMILES string of the molecule is COC(=O)c1cc(C#N)cc(C(F)(F)F)c1Cl. The van der Waals surface area contributed by atoms with Gasteiger partial charge in [-0.2, -0.15) is 18.4 Å². The van der Waals surface area contributed by atoms with Gasteiger partial charge >= 0.3 is 12.1 Å². The fourth-order valence-corrected chi connectivity index (χ4v) is 1.45. The Morgan fingerprint density at radius 3 is 2.47 bits per heavy atom. The van der Waals surface area contributed by atoms with Gasteiger partial charge in [0.25, 0.3) is 0 Å². The third-order valence-electron chi connectivity index (χ3n) is 1.91. The summed E-state index contributed by atoms with van der Waals surface area (Å²) in [5.41, 5.74) is -2.04. The van der Waals surface area contributed by atoms with E-state index in [0.717, 1.165) is 13.2 Å². The van der Waals surface area contributed by atoms with Crippen molar-refractivity contribution >= 4 is 17.6 Å². The van der Waals surface area contributed by atoms with Crippen LogP contribution in [0.15, 0.2) is 12.1 Å². The number of nitrogens with zero attached hydrogens (tertiary/aromatic N) is 1. The Morgan fingerprint density at radius 2 is 2.06 bits per heavy atom. The fourth-order valence-electron chi connectivity index (χ4n) is 1.15. The molecule has 0 fully saturated rings. The first-order valence-corrected chi connectivity index (χ1v) is 4.58. The Balaban J connectivity index is 3.54. The van der Waals surface area contributed by atoms with Crippen LogP contribution in [0.3, 0.4) is 0 Å². The number of nitriles is 1. The zero-order valence-corrected chi connectivity index (χ0v) is 9.19. The summed E-state index contributed by atoms with van der Waals surface area (Å²) in [4.78, 5) is 11.2. The van der Waals surface area contributed by atoms with Crippen LogP contribution >= 0.6 is 11.6 Å². The predicted octanol–water partition coefficient (Wildman–Crippen LogP) is 3.02. The van der Waals surface area contributed by atoms with Crippen LogP contribution in [0.5, 0.6) is 0 Å². The monoisotopic (exact) mass is 263 g/mol. The number of esters is 1. The molecule has 0 aromatic heterocycles. The molecule has 0 aliphatic carbocycles. The van der Waals surface area contributed by atoms with Crippen molar-refractivity contribution in [1.29, 1.82) is 5.26 Å². The number of ether oxygens (including phenoxy) is 1. The van der Waals surface area contributed by atoms with E-state index >= 15 is 0 Å². The number of carbonyl (C=O) groups is 1. The lowest BCUT2D eigenvalue weighted by Crippen LogP contribution is -2.11. The quantitative estimate of drug-likeness (QED) is 0.732. The van der Waals surface area contributed by atoms with Gasteiger partial charge in [-0.05, 0) is 12.1 Å². The van der Waals surface area contributed by atoms with Gasteiger partial charge in [0.15, 0.2) is 0 Å². The number of methoxy groups -OCH3 is 1. The topological polar surface area (TPSA) is 50.1 Å². The van der Waals surface area contributed by atoms with Crippen molar-refractivity contribution in [3.8, 4) is 6.07 Å². The smallest absolute Gasteiger partial charge is 0.417 e. The molecular weight excluding hydrogens is 259 g/mol. The highest BCUT2D eigenvalue weighted by atomic mass is 35.5. The maximum atomic E-state index is 12.6. The molecule has 0 unspecified atom stereocenters. The summed E-state index contributed by atoms with van der Waals surface area (Å²) in [5.74, 6) is -1.03. The Morgan fingerprint density at radius 1 is 1.47 bits per heavy atom. The normalized spacial score (nSPS) is 10.8. The number of benzene rings is 1. The highest BCUT2D eigenvalue weighted by molar-refractivity contribution is 6.34. The fraction of sp³-hybridized carbons (Fsp3) is 0.200. The molecule has 1 aromatic rings. The van der Waals surface area contributed by atoms with Gasteiger partial charge in [0.05, 0.1) is 34.9 Å². The second-order valence-electron chi connectivity index (χ2n) is 2.99. The van der Waals surface area contributed by atoms with Gasteiger partial charge in [-0.3, -0.25) is 0 Å². The molecule has 0 saturated carbocycles. The second-order valence-corrected chi connectivity index (χ2v) is 3.36.